The van der Waals surface area contributed by atoms with Crippen LogP contribution in [0.5, 0.6) is 0 Å². The first kappa shape index (κ1) is 16.0. The normalized spacial score (nSPS) is 14.4. The Hall–Kier alpha value is -2.05. The Morgan fingerprint density at radius 2 is 1.80 bits per heavy atom. The van der Waals surface area contributed by atoms with Crippen LogP contribution in [0.15, 0.2) is 30.3 Å². The number of nitrogens with one attached hydrogen (secondary N) is 1. The van der Waals surface area contributed by atoms with Crippen molar-refractivity contribution >= 4 is 11.9 Å². The second-order valence-corrected chi connectivity index (χ2v) is 4.34. The summed E-state index contributed by atoms with van der Waals surface area (Å²) in [4.78, 5) is 22.1. The number of alkyl halides is 3. The maximum atomic E-state index is 13.0. The highest BCUT2D eigenvalue weighted by atomic mass is 19.4. The van der Waals surface area contributed by atoms with E-state index in [1.807, 2.05) is 5.32 Å². The van der Waals surface area contributed by atoms with Crippen molar-refractivity contribution in [3.63, 3.8) is 0 Å². The van der Waals surface area contributed by atoms with Gasteiger partial charge in [0.05, 0.1) is 5.92 Å². The minimum Gasteiger partial charge on any atom is -0.480 e. The molecule has 0 bridgehead atoms. The first-order valence-corrected chi connectivity index (χ1v) is 5.85. The van der Waals surface area contributed by atoms with E-state index < -0.39 is 36.4 Å². The molecule has 0 saturated heterocycles. The van der Waals surface area contributed by atoms with Crippen molar-refractivity contribution in [3.8, 4) is 0 Å². The molecule has 4 nitrogen and oxygen atoms in total. The maximum absolute atomic E-state index is 13.0. The Labute approximate surface area is 113 Å². The number of halogens is 3. The van der Waals surface area contributed by atoms with Crippen LogP contribution in [0.4, 0.5) is 13.2 Å². The topological polar surface area (TPSA) is 66.4 Å². The zero-order valence-electron chi connectivity index (χ0n) is 10.6. The molecule has 20 heavy (non-hydrogen) atoms. The summed E-state index contributed by atoms with van der Waals surface area (Å²) in [6, 6.07) is 5.81. The van der Waals surface area contributed by atoms with Gasteiger partial charge in [-0.2, -0.15) is 13.2 Å². The molecule has 0 spiro atoms. The predicted octanol–water partition coefficient (Wildman–Crippen LogP) is 2.31. The second kappa shape index (κ2) is 6.40. The number of carboxylic acid groups (broad SMARTS) is 1. The van der Waals surface area contributed by atoms with Gasteiger partial charge < -0.3 is 10.4 Å². The molecule has 7 heteroatoms. The highest BCUT2D eigenvalue weighted by Gasteiger charge is 2.42. The maximum Gasteiger partial charge on any atom is 0.396 e. The summed E-state index contributed by atoms with van der Waals surface area (Å²) in [6.07, 6.45) is -5.42. The molecule has 2 unspecified atom stereocenters. The van der Waals surface area contributed by atoms with Gasteiger partial charge in [0.15, 0.2) is 0 Å². The lowest BCUT2D eigenvalue weighted by Gasteiger charge is -2.21. The van der Waals surface area contributed by atoms with E-state index in [2.05, 4.69) is 0 Å². The lowest BCUT2D eigenvalue weighted by Crippen LogP contribution is -2.40. The Morgan fingerprint density at radius 3 is 2.25 bits per heavy atom. The van der Waals surface area contributed by atoms with Crippen molar-refractivity contribution < 1.29 is 27.9 Å². The minimum absolute atomic E-state index is 0.0295. The third kappa shape index (κ3) is 4.56. The van der Waals surface area contributed by atoms with Crippen molar-refractivity contribution in [2.45, 2.75) is 31.5 Å². The lowest BCUT2D eigenvalue weighted by molar-refractivity contribution is -0.157. The molecule has 0 aliphatic carbocycles. The van der Waals surface area contributed by atoms with Crippen molar-refractivity contribution in [2.24, 2.45) is 0 Å². The van der Waals surface area contributed by atoms with Crippen LogP contribution in [0.25, 0.3) is 0 Å². The third-order valence-corrected chi connectivity index (χ3v) is 2.73. The average Bonchev–Trinajstić information content (AvgIpc) is 2.35. The summed E-state index contributed by atoms with van der Waals surface area (Å²) < 4.78 is 38.9. The Balaban J connectivity index is 2.82. The van der Waals surface area contributed by atoms with E-state index in [-0.39, 0.29) is 5.56 Å². The van der Waals surface area contributed by atoms with E-state index in [0.29, 0.717) is 0 Å². The van der Waals surface area contributed by atoms with Gasteiger partial charge in [-0.15, -0.1) is 0 Å². The predicted molar refractivity (Wildman–Crippen MR) is 65.1 cm³/mol. The van der Waals surface area contributed by atoms with Crippen LogP contribution in [-0.4, -0.2) is 29.2 Å². The zero-order chi connectivity index (χ0) is 15.3. The van der Waals surface area contributed by atoms with E-state index in [0.717, 1.165) is 0 Å². The SMILES string of the molecule is CC(NC(=O)CC(c1ccccc1)C(F)(F)F)C(=O)O. The van der Waals surface area contributed by atoms with Gasteiger partial charge in [-0.05, 0) is 12.5 Å². The first-order valence-electron chi connectivity index (χ1n) is 5.85. The van der Waals surface area contributed by atoms with Gasteiger partial charge in [-0.1, -0.05) is 30.3 Å². The molecule has 0 aliphatic heterocycles. The lowest BCUT2D eigenvalue weighted by atomic mass is 9.94. The molecule has 1 rings (SSSR count). The van der Waals surface area contributed by atoms with E-state index in [1.54, 1.807) is 6.07 Å². The van der Waals surface area contributed by atoms with Gasteiger partial charge >= 0.3 is 12.1 Å². The molecular formula is C13H14F3NO3. The molecular weight excluding hydrogens is 275 g/mol. The number of benzene rings is 1. The number of hydrogen-bond donors (Lipinski definition) is 2. The van der Waals surface area contributed by atoms with Crippen LogP contribution in [0.3, 0.4) is 0 Å². The molecule has 0 saturated carbocycles. The van der Waals surface area contributed by atoms with Gasteiger partial charge in [-0.3, -0.25) is 9.59 Å². The quantitative estimate of drug-likeness (QED) is 0.874. The van der Waals surface area contributed by atoms with E-state index >= 15 is 0 Å². The average molecular weight is 289 g/mol. The minimum atomic E-state index is -4.58. The smallest absolute Gasteiger partial charge is 0.396 e. The Kier molecular flexibility index (Phi) is 5.12. The molecule has 0 radical (unpaired) electrons. The van der Waals surface area contributed by atoms with Crippen molar-refractivity contribution in [1.82, 2.24) is 5.32 Å². The Bertz CT molecular complexity index is 473. The number of hydrogen-bond acceptors (Lipinski definition) is 2. The number of rotatable bonds is 5. The fourth-order valence-corrected chi connectivity index (χ4v) is 1.66. The van der Waals surface area contributed by atoms with Crippen LogP contribution in [-0.2, 0) is 9.59 Å². The molecule has 0 fully saturated rings. The van der Waals surface area contributed by atoms with Gasteiger partial charge in [0.25, 0.3) is 0 Å². The van der Waals surface area contributed by atoms with Crippen LogP contribution in [0, 0.1) is 0 Å². The number of amides is 1. The van der Waals surface area contributed by atoms with E-state index in [9.17, 15) is 22.8 Å². The van der Waals surface area contributed by atoms with Crippen molar-refractivity contribution in [2.75, 3.05) is 0 Å². The molecule has 1 aromatic rings. The van der Waals surface area contributed by atoms with Gasteiger partial charge in [0.2, 0.25) is 5.91 Å². The monoisotopic (exact) mass is 289 g/mol. The highest BCUT2D eigenvalue weighted by molar-refractivity contribution is 5.83. The van der Waals surface area contributed by atoms with Gasteiger partial charge in [-0.25, -0.2) is 0 Å². The third-order valence-electron chi connectivity index (χ3n) is 2.73. The fraction of sp³-hybridized carbons (Fsp3) is 0.385. The van der Waals surface area contributed by atoms with E-state index in [4.69, 9.17) is 5.11 Å². The van der Waals surface area contributed by atoms with Gasteiger partial charge in [0, 0.05) is 6.42 Å². The molecule has 1 amide bonds. The number of carboxylic acids is 1. The molecule has 1 aromatic carbocycles. The van der Waals surface area contributed by atoms with Crippen LogP contribution >= 0.6 is 0 Å². The second-order valence-electron chi connectivity index (χ2n) is 4.34. The summed E-state index contributed by atoms with van der Waals surface area (Å²) in [5.41, 5.74) is -0.0295. The largest absolute Gasteiger partial charge is 0.480 e. The summed E-state index contributed by atoms with van der Waals surface area (Å²) in [7, 11) is 0. The van der Waals surface area contributed by atoms with Crippen LogP contribution in [0.1, 0.15) is 24.8 Å². The Morgan fingerprint density at radius 1 is 1.25 bits per heavy atom. The van der Waals surface area contributed by atoms with Crippen LogP contribution in [0.2, 0.25) is 0 Å². The summed E-state index contributed by atoms with van der Waals surface area (Å²) in [5, 5.41) is 10.6. The number of carbonyl (C=O) groups excluding carboxylic acids is 1. The molecule has 110 valence electrons. The zero-order valence-corrected chi connectivity index (χ0v) is 10.6. The highest BCUT2D eigenvalue weighted by Crippen LogP contribution is 2.37. The molecule has 0 aromatic heterocycles. The van der Waals surface area contributed by atoms with Crippen LogP contribution < -0.4 is 5.32 Å². The summed E-state index contributed by atoms with van der Waals surface area (Å²) in [6.45, 7) is 1.19. The number of aliphatic carboxylic acids is 1. The molecule has 2 atom stereocenters. The van der Waals surface area contributed by atoms with Gasteiger partial charge in [0.1, 0.15) is 6.04 Å². The summed E-state index contributed by atoms with van der Waals surface area (Å²) in [5.74, 6) is -4.21. The van der Waals surface area contributed by atoms with E-state index in [1.165, 1.54) is 31.2 Å². The molecule has 0 heterocycles. The van der Waals surface area contributed by atoms with Crippen molar-refractivity contribution in [1.29, 1.82) is 0 Å². The number of carbonyl (C=O) groups is 2. The first-order chi connectivity index (χ1) is 9.21. The molecule has 2 N–H and O–H groups in total. The molecule has 0 aliphatic rings. The fourth-order valence-electron chi connectivity index (χ4n) is 1.66. The van der Waals surface area contributed by atoms with Crippen molar-refractivity contribution in [3.05, 3.63) is 35.9 Å². The standard InChI is InChI=1S/C13H14F3NO3/c1-8(12(19)20)17-11(18)7-10(13(14,15)16)9-5-3-2-4-6-9/h2-6,8,10H,7H2,1H3,(H,17,18)(H,19,20). The summed E-state index contributed by atoms with van der Waals surface area (Å²) >= 11 is 0.